The molecule has 0 spiro atoms. The molecule has 2 rings (SSSR count). The fourth-order valence-electron chi connectivity index (χ4n) is 2.55. The summed E-state index contributed by atoms with van der Waals surface area (Å²) >= 11 is 6.25. The molecule has 0 aliphatic heterocycles. The maximum Gasteiger partial charge on any atom is 0.343 e. The highest BCUT2D eigenvalue weighted by molar-refractivity contribution is 6.32. The van der Waals surface area contributed by atoms with Crippen molar-refractivity contribution in [1.29, 1.82) is 0 Å². The first kappa shape index (κ1) is 20.8. The van der Waals surface area contributed by atoms with Gasteiger partial charge in [-0.3, -0.25) is 9.48 Å². The van der Waals surface area contributed by atoms with E-state index in [0.717, 1.165) is 12.8 Å². The van der Waals surface area contributed by atoms with Crippen LogP contribution in [0.1, 0.15) is 46.2 Å². The van der Waals surface area contributed by atoms with E-state index in [4.69, 9.17) is 25.8 Å². The second-order valence-corrected chi connectivity index (χ2v) is 6.25. The number of Topliss-reactive ketones (excluding diaryl/α,β-unsaturated/α-hetero) is 1. The number of ether oxygens (including phenoxy) is 3. The maximum atomic E-state index is 12.4. The van der Waals surface area contributed by atoms with Crippen LogP contribution in [0.4, 0.5) is 0 Å². The molecule has 0 fully saturated rings. The molecule has 0 amide bonds. The zero-order chi connectivity index (χ0) is 20.0. The molecule has 0 aliphatic carbocycles. The van der Waals surface area contributed by atoms with E-state index in [9.17, 15) is 9.59 Å². The van der Waals surface area contributed by atoms with E-state index < -0.39 is 18.4 Å². The Hall–Kier alpha value is -2.54. The number of hydrogen-bond donors (Lipinski definition) is 0. The first-order valence-electron chi connectivity index (χ1n) is 8.58. The summed E-state index contributed by atoms with van der Waals surface area (Å²) in [6, 6.07) is 4.79. The van der Waals surface area contributed by atoms with Gasteiger partial charge < -0.3 is 14.2 Å². The number of hydrogen-bond acceptors (Lipinski definition) is 6. The lowest BCUT2D eigenvalue weighted by molar-refractivity contribution is 0.0473. The summed E-state index contributed by atoms with van der Waals surface area (Å²) < 4.78 is 17.0. The standard InChI is InChI=1S/C19H23ClN2O5/c1-5-6-9-22-18(20)17(12(2)21-22)19(24)27-11-15(23)14-8-7-13(25-3)10-16(14)26-4/h7-8,10H,5-6,9,11H2,1-4H3. The van der Waals surface area contributed by atoms with Gasteiger partial charge in [0, 0.05) is 12.6 Å². The highest BCUT2D eigenvalue weighted by Crippen LogP contribution is 2.25. The monoisotopic (exact) mass is 394 g/mol. The van der Waals surface area contributed by atoms with Gasteiger partial charge in [0.05, 0.1) is 25.5 Å². The molecule has 0 radical (unpaired) electrons. The normalized spacial score (nSPS) is 10.6. The van der Waals surface area contributed by atoms with Crippen molar-refractivity contribution in [2.45, 2.75) is 33.2 Å². The summed E-state index contributed by atoms with van der Waals surface area (Å²) in [6.45, 7) is 3.92. The van der Waals surface area contributed by atoms with E-state index in [1.165, 1.54) is 14.2 Å². The molecule has 1 aromatic heterocycles. The molecule has 27 heavy (non-hydrogen) atoms. The zero-order valence-electron chi connectivity index (χ0n) is 15.9. The van der Waals surface area contributed by atoms with Gasteiger partial charge in [-0.15, -0.1) is 0 Å². The minimum atomic E-state index is -0.680. The topological polar surface area (TPSA) is 79.7 Å². The third-order valence-corrected chi connectivity index (χ3v) is 4.42. The van der Waals surface area contributed by atoms with Crippen molar-refractivity contribution in [2.24, 2.45) is 0 Å². The van der Waals surface area contributed by atoms with Gasteiger partial charge in [0.25, 0.3) is 0 Å². The number of nitrogens with zero attached hydrogens (tertiary/aromatic N) is 2. The quantitative estimate of drug-likeness (QED) is 0.476. The van der Waals surface area contributed by atoms with E-state index in [1.54, 1.807) is 29.8 Å². The van der Waals surface area contributed by atoms with Gasteiger partial charge in [0.1, 0.15) is 22.2 Å². The fraction of sp³-hybridized carbons (Fsp3) is 0.421. The van der Waals surface area contributed by atoms with Crippen LogP contribution < -0.4 is 9.47 Å². The van der Waals surface area contributed by atoms with Gasteiger partial charge in [-0.25, -0.2) is 4.79 Å². The molecule has 2 aromatic rings. The van der Waals surface area contributed by atoms with Gasteiger partial charge in [0.2, 0.25) is 5.78 Å². The van der Waals surface area contributed by atoms with Crippen LogP contribution >= 0.6 is 11.6 Å². The summed E-state index contributed by atoms with van der Waals surface area (Å²) in [5.41, 5.74) is 0.949. The first-order valence-corrected chi connectivity index (χ1v) is 8.95. The van der Waals surface area contributed by atoms with Crippen molar-refractivity contribution in [3.8, 4) is 11.5 Å². The maximum absolute atomic E-state index is 12.4. The predicted octanol–water partition coefficient (Wildman–Crippen LogP) is 3.70. The minimum absolute atomic E-state index is 0.183. The molecular weight excluding hydrogens is 372 g/mol. The number of rotatable bonds is 9. The molecule has 0 saturated carbocycles. The average molecular weight is 395 g/mol. The molecular formula is C19H23ClN2O5. The SMILES string of the molecule is CCCCn1nc(C)c(C(=O)OCC(=O)c2ccc(OC)cc2OC)c1Cl. The van der Waals surface area contributed by atoms with Crippen LogP contribution in [-0.2, 0) is 11.3 Å². The van der Waals surface area contributed by atoms with Crippen LogP contribution in [0.15, 0.2) is 18.2 Å². The Labute approximate surface area is 163 Å². The molecule has 146 valence electrons. The molecule has 0 aliphatic rings. The largest absolute Gasteiger partial charge is 0.497 e. The van der Waals surface area contributed by atoms with E-state index in [2.05, 4.69) is 12.0 Å². The summed E-state index contributed by atoms with van der Waals surface area (Å²) in [6.07, 6.45) is 1.87. The summed E-state index contributed by atoms with van der Waals surface area (Å²) in [5.74, 6) is -0.171. The lowest BCUT2D eigenvalue weighted by atomic mass is 10.1. The predicted molar refractivity (Wildman–Crippen MR) is 101 cm³/mol. The number of aromatic nitrogens is 2. The Morgan fingerprint density at radius 2 is 1.96 bits per heavy atom. The van der Waals surface area contributed by atoms with Crippen LogP contribution in [-0.4, -0.2) is 42.4 Å². The molecule has 8 heteroatoms. The van der Waals surface area contributed by atoms with Gasteiger partial charge in [-0.1, -0.05) is 24.9 Å². The van der Waals surface area contributed by atoms with Crippen LogP contribution in [0.3, 0.4) is 0 Å². The molecule has 1 heterocycles. The highest BCUT2D eigenvalue weighted by Gasteiger charge is 2.23. The Kier molecular flexibility index (Phi) is 7.24. The molecule has 0 N–H and O–H groups in total. The molecule has 1 aromatic carbocycles. The van der Waals surface area contributed by atoms with Crippen molar-refractivity contribution in [2.75, 3.05) is 20.8 Å². The van der Waals surface area contributed by atoms with Crippen LogP contribution in [0, 0.1) is 6.92 Å². The molecule has 0 atom stereocenters. The summed E-state index contributed by atoms with van der Waals surface area (Å²) in [4.78, 5) is 24.8. The lowest BCUT2D eigenvalue weighted by Crippen LogP contribution is -2.15. The number of halogens is 1. The second kappa shape index (κ2) is 9.41. The molecule has 0 unspecified atom stereocenters. The van der Waals surface area contributed by atoms with Gasteiger partial charge in [-0.05, 0) is 25.5 Å². The zero-order valence-corrected chi connectivity index (χ0v) is 16.6. The van der Waals surface area contributed by atoms with Gasteiger partial charge in [0.15, 0.2) is 6.61 Å². The lowest BCUT2D eigenvalue weighted by Gasteiger charge is -2.10. The van der Waals surface area contributed by atoms with E-state index in [0.29, 0.717) is 29.3 Å². The van der Waals surface area contributed by atoms with E-state index in [1.807, 2.05) is 0 Å². The van der Waals surface area contributed by atoms with Gasteiger partial charge in [-0.2, -0.15) is 5.10 Å². The summed E-state index contributed by atoms with van der Waals surface area (Å²) in [7, 11) is 2.97. The highest BCUT2D eigenvalue weighted by atomic mass is 35.5. The molecule has 7 nitrogen and oxygen atoms in total. The summed E-state index contributed by atoms with van der Waals surface area (Å²) in [5, 5.41) is 4.49. The average Bonchev–Trinajstić information content (AvgIpc) is 2.96. The third-order valence-electron chi connectivity index (χ3n) is 4.04. The number of benzene rings is 1. The number of aryl methyl sites for hydroxylation is 2. The van der Waals surface area contributed by atoms with Gasteiger partial charge >= 0.3 is 5.97 Å². The number of esters is 1. The Balaban J connectivity index is 2.10. The van der Waals surface area contributed by atoms with Crippen LogP contribution in [0.25, 0.3) is 0 Å². The molecule has 0 bridgehead atoms. The number of unbranched alkanes of at least 4 members (excludes halogenated alkanes) is 1. The first-order chi connectivity index (χ1) is 12.9. The van der Waals surface area contributed by atoms with Crippen molar-refractivity contribution in [3.05, 3.63) is 40.2 Å². The number of methoxy groups -OCH3 is 2. The van der Waals surface area contributed by atoms with E-state index >= 15 is 0 Å². The van der Waals surface area contributed by atoms with Crippen molar-refractivity contribution < 1.29 is 23.8 Å². The van der Waals surface area contributed by atoms with Crippen LogP contribution in [0.5, 0.6) is 11.5 Å². The van der Waals surface area contributed by atoms with Crippen molar-refractivity contribution >= 4 is 23.4 Å². The molecule has 0 saturated heterocycles. The Morgan fingerprint density at radius 3 is 2.59 bits per heavy atom. The Bertz CT molecular complexity index is 832. The second-order valence-electron chi connectivity index (χ2n) is 5.89. The smallest absolute Gasteiger partial charge is 0.343 e. The number of carbonyl (C=O) groups excluding carboxylic acids is 2. The van der Waals surface area contributed by atoms with Crippen molar-refractivity contribution in [1.82, 2.24) is 9.78 Å². The third kappa shape index (κ3) is 4.80. The van der Waals surface area contributed by atoms with Crippen molar-refractivity contribution in [3.63, 3.8) is 0 Å². The minimum Gasteiger partial charge on any atom is -0.497 e. The number of ketones is 1. The number of carbonyl (C=O) groups is 2. The van der Waals surface area contributed by atoms with E-state index in [-0.39, 0.29) is 10.7 Å². The van der Waals surface area contributed by atoms with Crippen LogP contribution in [0.2, 0.25) is 5.15 Å². The Morgan fingerprint density at radius 1 is 1.22 bits per heavy atom. The fourth-order valence-corrected chi connectivity index (χ4v) is 2.89.